The van der Waals surface area contributed by atoms with E-state index >= 15 is 0 Å². The maximum absolute atomic E-state index is 12.5. The zero-order valence-corrected chi connectivity index (χ0v) is 17.9. The van der Waals surface area contributed by atoms with Gasteiger partial charge in [0.1, 0.15) is 17.1 Å². The second kappa shape index (κ2) is 8.06. The fraction of sp³-hybridized carbons (Fsp3) is 0.526. The molecule has 2 rings (SSSR count). The van der Waals surface area contributed by atoms with Crippen molar-refractivity contribution in [2.75, 3.05) is 22.5 Å². The van der Waals surface area contributed by atoms with Crippen LogP contribution >= 0.6 is 0 Å². The van der Waals surface area contributed by atoms with Crippen LogP contribution in [-0.2, 0) is 10.2 Å². The zero-order chi connectivity index (χ0) is 22.0. The van der Waals surface area contributed by atoms with Crippen LogP contribution < -0.4 is 16.0 Å². The topological polar surface area (TPSA) is 136 Å². The van der Waals surface area contributed by atoms with E-state index in [-0.39, 0.29) is 35.0 Å². The number of anilines is 3. The summed E-state index contributed by atoms with van der Waals surface area (Å²) in [6.45, 7) is 13.2. The fourth-order valence-corrected chi connectivity index (χ4v) is 2.23. The molecule has 10 heteroatoms. The van der Waals surface area contributed by atoms with Crippen LogP contribution in [0.4, 0.5) is 22.2 Å². The van der Waals surface area contributed by atoms with E-state index in [0.717, 1.165) is 0 Å². The minimum Gasteiger partial charge on any atom is -0.443 e. The first kappa shape index (κ1) is 22.1. The van der Waals surface area contributed by atoms with Crippen LogP contribution in [0.3, 0.4) is 0 Å². The van der Waals surface area contributed by atoms with Crippen molar-refractivity contribution >= 4 is 29.4 Å². The third-order valence-electron chi connectivity index (χ3n) is 3.66. The first-order chi connectivity index (χ1) is 13.3. The Morgan fingerprint density at radius 2 is 1.90 bits per heavy atom. The van der Waals surface area contributed by atoms with Crippen LogP contribution in [0.25, 0.3) is 0 Å². The molecule has 0 saturated heterocycles. The van der Waals surface area contributed by atoms with Gasteiger partial charge in [0, 0.05) is 18.0 Å². The molecule has 0 bridgehead atoms. The van der Waals surface area contributed by atoms with Gasteiger partial charge in [-0.05, 0) is 27.7 Å². The van der Waals surface area contributed by atoms with Gasteiger partial charge in [0.2, 0.25) is 5.88 Å². The summed E-state index contributed by atoms with van der Waals surface area (Å²) in [6, 6.07) is 1.35. The molecular formula is C19H28N6O4. The Kier molecular flexibility index (Phi) is 6.15. The van der Waals surface area contributed by atoms with Crippen LogP contribution in [0.5, 0.6) is 0 Å². The number of ether oxygens (including phenoxy) is 1. The van der Waals surface area contributed by atoms with Crippen molar-refractivity contribution < 1.29 is 18.8 Å². The summed E-state index contributed by atoms with van der Waals surface area (Å²) in [7, 11) is 0. The summed E-state index contributed by atoms with van der Waals surface area (Å²) < 4.78 is 10.5. The molecule has 0 unspecified atom stereocenters. The van der Waals surface area contributed by atoms with Gasteiger partial charge in [0.25, 0.3) is 5.91 Å². The van der Waals surface area contributed by atoms with Gasteiger partial charge in [-0.2, -0.15) is 0 Å². The quantitative estimate of drug-likeness (QED) is 0.791. The molecular weight excluding hydrogens is 376 g/mol. The van der Waals surface area contributed by atoms with E-state index in [2.05, 4.69) is 20.4 Å². The molecule has 0 atom stereocenters. The molecule has 0 aliphatic rings. The standard InChI is InChI=1S/C19H28N6O4/c1-8-25(17(27)28-19(5,6)7)13-9-11(24-29-13)15(26)22-12-10-21-16(18(2,3)4)23-14(12)20/h9-10H,8H2,1-7H3,(H,22,26)(H2,20,21,23). The van der Waals surface area contributed by atoms with E-state index in [9.17, 15) is 9.59 Å². The molecule has 3 N–H and O–H groups in total. The highest BCUT2D eigenvalue weighted by Crippen LogP contribution is 2.24. The number of carbonyl (C=O) groups excluding carboxylic acids is 2. The van der Waals surface area contributed by atoms with E-state index in [1.165, 1.54) is 17.2 Å². The van der Waals surface area contributed by atoms with E-state index in [0.29, 0.717) is 5.82 Å². The van der Waals surface area contributed by atoms with E-state index in [1.54, 1.807) is 27.7 Å². The van der Waals surface area contributed by atoms with Gasteiger partial charge in [-0.15, -0.1) is 0 Å². The summed E-state index contributed by atoms with van der Waals surface area (Å²) >= 11 is 0. The lowest BCUT2D eigenvalue weighted by Gasteiger charge is -2.24. The lowest BCUT2D eigenvalue weighted by atomic mass is 9.96. The first-order valence-electron chi connectivity index (χ1n) is 9.23. The van der Waals surface area contributed by atoms with Crippen LogP contribution in [0.1, 0.15) is 64.8 Å². The maximum Gasteiger partial charge on any atom is 0.417 e. The number of hydrogen-bond donors (Lipinski definition) is 2. The molecule has 0 spiro atoms. The minimum atomic E-state index is -0.665. The molecule has 2 amide bonds. The lowest BCUT2D eigenvalue weighted by molar-refractivity contribution is 0.0574. The van der Waals surface area contributed by atoms with Gasteiger partial charge >= 0.3 is 6.09 Å². The Bertz CT molecular complexity index is 895. The number of nitrogens with zero attached hydrogens (tertiary/aromatic N) is 4. The number of carbonyl (C=O) groups is 2. The van der Waals surface area contributed by atoms with Gasteiger partial charge in [-0.25, -0.2) is 19.7 Å². The number of nitrogens with two attached hydrogens (primary N) is 1. The normalized spacial score (nSPS) is 11.8. The Labute approximate surface area is 169 Å². The Hall–Kier alpha value is -3.17. The first-order valence-corrected chi connectivity index (χ1v) is 9.23. The van der Waals surface area contributed by atoms with Gasteiger partial charge in [-0.3, -0.25) is 4.79 Å². The molecule has 158 valence electrons. The Balaban J connectivity index is 2.16. The molecule has 0 aliphatic heterocycles. The number of aromatic nitrogens is 3. The average Bonchev–Trinajstić information content (AvgIpc) is 3.04. The maximum atomic E-state index is 12.5. The van der Waals surface area contributed by atoms with Crippen LogP contribution in [0.15, 0.2) is 16.8 Å². The van der Waals surface area contributed by atoms with E-state index in [1.807, 2.05) is 20.8 Å². The molecule has 0 saturated carbocycles. The highest BCUT2D eigenvalue weighted by Gasteiger charge is 2.26. The fourth-order valence-electron chi connectivity index (χ4n) is 2.23. The minimum absolute atomic E-state index is 0.0266. The summed E-state index contributed by atoms with van der Waals surface area (Å²) in [5, 5.41) is 6.33. The zero-order valence-electron chi connectivity index (χ0n) is 17.9. The van der Waals surface area contributed by atoms with Gasteiger partial charge in [0.15, 0.2) is 11.5 Å². The van der Waals surface area contributed by atoms with Crippen molar-refractivity contribution in [1.82, 2.24) is 15.1 Å². The van der Waals surface area contributed by atoms with Crippen molar-refractivity contribution in [2.45, 2.75) is 59.5 Å². The van der Waals surface area contributed by atoms with Crippen molar-refractivity contribution in [3.05, 3.63) is 23.8 Å². The molecule has 2 aromatic rings. The number of hydrogen-bond acceptors (Lipinski definition) is 8. The highest BCUT2D eigenvalue weighted by molar-refractivity contribution is 6.04. The van der Waals surface area contributed by atoms with Crippen molar-refractivity contribution in [1.29, 1.82) is 0 Å². The second-order valence-electron chi connectivity index (χ2n) is 8.47. The van der Waals surface area contributed by atoms with E-state index in [4.69, 9.17) is 15.0 Å². The molecule has 2 aromatic heterocycles. The summed E-state index contributed by atoms with van der Waals surface area (Å²) in [5.41, 5.74) is 5.23. The van der Waals surface area contributed by atoms with Gasteiger partial charge < -0.3 is 20.3 Å². The summed E-state index contributed by atoms with van der Waals surface area (Å²) in [5.74, 6) is 0.233. The lowest BCUT2D eigenvalue weighted by Crippen LogP contribution is -2.36. The SMILES string of the molecule is CCN(C(=O)OC(C)(C)C)c1cc(C(=O)Nc2cnc(C(C)(C)C)nc2N)no1. The molecule has 2 heterocycles. The number of nitrogen functional groups attached to an aromatic ring is 1. The highest BCUT2D eigenvalue weighted by atomic mass is 16.6. The van der Waals surface area contributed by atoms with Gasteiger partial charge in [0.05, 0.1) is 6.20 Å². The van der Waals surface area contributed by atoms with Crippen LogP contribution in [0.2, 0.25) is 0 Å². The Morgan fingerprint density at radius 3 is 2.41 bits per heavy atom. The largest absolute Gasteiger partial charge is 0.443 e. The van der Waals surface area contributed by atoms with E-state index < -0.39 is 17.6 Å². The summed E-state index contributed by atoms with van der Waals surface area (Å²) in [4.78, 5) is 34.5. The molecule has 0 radical (unpaired) electrons. The predicted octanol–water partition coefficient (Wildman–Crippen LogP) is 3.36. The van der Waals surface area contributed by atoms with Crippen molar-refractivity contribution in [2.24, 2.45) is 0 Å². The summed E-state index contributed by atoms with van der Waals surface area (Å²) in [6.07, 6.45) is 0.847. The van der Waals surface area contributed by atoms with Crippen molar-refractivity contribution in [3.63, 3.8) is 0 Å². The molecule has 0 fully saturated rings. The smallest absolute Gasteiger partial charge is 0.417 e. The molecule has 29 heavy (non-hydrogen) atoms. The molecule has 0 aliphatic carbocycles. The predicted molar refractivity (Wildman–Crippen MR) is 109 cm³/mol. The molecule has 10 nitrogen and oxygen atoms in total. The van der Waals surface area contributed by atoms with Gasteiger partial charge in [-0.1, -0.05) is 25.9 Å². The third kappa shape index (κ3) is 5.66. The monoisotopic (exact) mass is 404 g/mol. The number of rotatable bonds is 4. The number of amides is 2. The molecule has 0 aromatic carbocycles. The van der Waals surface area contributed by atoms with Crippen molar-refractivity contribution in [3.8, 4) is 0 Å². The Morgan fingerprint density at radius 1 is 1.24 bits per heavy atom. The number of nitrogens with one attached hydrogen (secondary N) is 1. The average molecular weight is 404 g/mol. The third-order valence-corrected chi connectivity index (χ3v) is 3.66. The van der Waals surface area contributed by atoms with Crippen LogP contribution in [-0.4, -0.2) is 39.3 Å². The second-order valence-corrected chi connectivity index (χ2v) is 8.47. The van der Waals surface area contributed by atoms with Crippen LogP contribution in [0, 0.1) is 0 Å².